The number of ether oxygens (including phenoxy) is 4. The van der Waals surface area contributed by atoms with Crippen LogP contribution >= 0.6 is 0 Å². The summed E-state index contributed by atoms with van der Waals surface area (Å²) in [4.78, 5) is 0. The van der Waals surface area contributed by atoms with Crippen LogP contribution in [0, 0.1) is 0 Å². The van der Waals surface area contributed by atoms with E-state index < -0.39 is 0 Å². The minimum Gasteiger partial charge on any atom is -0.382 e. The number of methoxy groups -OCH3 is 1. The smallest absolute Gasteiger partial charge is 0.0990 e. The van der Waals surface area contributed by atoms with Crippen LogP contribution in [-0.2, 0) is 18.9 Å². The summed E-state index contributed by atoms with van der Waals surface area (Å²) < 4.78 is 21.7. The number of hydrogen-bond acceptors (Lipinski definition) is 5. The van der Waals surface area contributed by atoms with Gasteiger partial charge < -0.3 is 24.3 Å². The molecule has 18 heavy (non-hydrogen) atoms. The predicted octanol–water partition coefficient (Wildman–Crippen LogP) is 0.822. The van der Waals surface area contributed by atoms with Crippen molar-refractivity contribution in [3.8, 4) is 0 Å². The molecule has 0 aromatic carbocycles. The lowest BCUT2D eigenvalue weighted by atomic mass is 9.85. The topological polar surface area (TPSA) is 49.0 Å². The predicted molar refractivity (Wildman–Crippen MR) is 69.9 cm³/mol. The van der Waals surface area contributed by atoms with Crippen molar-refractivity contribution in [1.29, 1.82) is 0 Å². The van der Waals surface area contributed by atoms with Gasteiger partial charge in [-0.2, -0.15) is 0 Å². The highest BCUT2D eigenvalue weighted by molar-refractivity contribution is 4.96. The second kappa shape index (κ2) is 9.69. The van der Waals surface area contributed by atoms with Crippen molar-refractivity contribution in [2.45, 2.75) is 38.0 Å². The van der Waals surface area contributed by atoms with E-state index in [0.717, 1.165) is 32.7 Å². The van der Waals surface area contributed by atoms with Gasteiger partial charge in [0.05, 0.1) is 25.4 Å². The van der Waals surface area contributed by atoms with E-state index in [9.17, 15) is 0 Å². The average molecular weight is 261 g/mol. The molecule has 1 aliphatic rings. The minimum absolute atomic E-state index is 0.203. The van der Waals surface area contributed by atoms with Crippen LogP contribution in [0.2, 0.25) is 0 Å². The monoisotopic (exact) mass is 261 g/mol. The average Bonchev–Trinajstić information content (AvgIpc) is 2.37. The number of nitrogens with one attached hydrogen (secondary N) is 1. The Hall–Kier alpha value is -0.200. The Morgan fingerprint density at radius 1 is 1.11 bits per heavy atom. The van der Waals surface area contributed by atoms with Crippen LogP contribution in [0.15, 0.2) is 0 Å². The molecule has 1 rings (SSSR count). The van der Waals surface area contributed by atoms with Gasteiger partial charge in [-0.05, 0) is 26.8 Å². The van der Waals surface area contributed by atoms with Crippen molar-refractivity contribution >= 4 is 0 Å². The molecule has 0 spiro atoms. The van der Waals surface area contributed by atoms with Crippen LogP contribution < -0.4 is 5.32 Å². The number of hydrogen-bond donors (Lipinski definition) is 1. The molecule has 1 N–H and O–H groups in total. The van der Waals surface area contributed by atoms with Crippen molar-refractivity contribution in [2.75, 3.05) is 47.2 Å². The van der Waals surface area contributed by atoms with Gasteiger partial charge in [-0.15, -0.1) is 0 Å². The maximum Gasteiger partial charge on any atom is 0.0990 e. The Balaban J connectivity index is 1.98. The third kappa shape index (κ3) is 5.20. The quantitative estimate of drug-likeness (QED) is 0.558. The van der Waals surface area contributed by atoms with Crippen LogP contribution in [0.25, 0.3) is 0 Å². The van der Waals surface area contributed by atoms with Gasteiger partial charge in [0.1, 0.15) is 0 Å². The highest BCUT2D eigenvalue weighted by atomic mass is 16.5. The van der Waals surface area contributed by atoms with Crippen LogP contribution in [0.1, 0.15) is 19.8 Å². The fourth-order valence-corrected chi connectivity index (χ4v) is 2.08. The maximum atomic E-state index is 5.81. The van der Waals surface area contributed by atoms with Gasteiger partial charge >= 0.3 is 0 Å². The summed E-state index contributed by atoms with van der Waals surface area (Å²) in [5.41, 5.74) is 0. The second-order valence-electron chi connectivity index (χ2n) is 4.42. The fourth-order valence-electron chi connectivity index (χ4n) is 2.08. The fraction of sp³-hybridized carbons (Fsp3) is 1.00. The maximum absolute atomic E-state index is 5.81. The molecule has 1 aliphatic carbocycles. The molecule has 5 heteroatoms. The highest BCUT2D eigenvalue weighted by Gasteiger charge is 2.41. The van der Waals surface area contributed by atoms with Gasteiger partial charge in [-0.1, -0.05) is 0 Å². The number of likely N-dealkylation sites (N-methyl/N-ethyl adjacent to an activating group) is 1. The van der Waals surface area contributed by atoms with Crippen molar-refractivity contribution < 1.29 is 18.9 Å². The third-order valence-corrected chi connectivity index (χ3v) is 3.18. The van der Waals surface area contributed by atoms with Gasteiger partial charge in [0.2, 0.25) is 0 Å². The van der Waals surface area contributed by atoms with Crippen molar-refractivity contribution in [1.82, 2.24) is 5.32 Å². The molecule has 1 fully saturated rings. The molecule has 3 atom stereocenters. The van der Waals surface area contributed by atoms with E-state index in [2.05, 4.69) is 5.32 Å². The molecule has 0 heterocycles. The minimum atomic E-state index is 0.203. The molecular weight excluding hydrogens is 234 g/mol. The first kappa shape index (κ1) is 15.9. The third-order valence-electron chi connectivity index (χ3n) is 3.18. The van der Waals surface area contributed by atoms with Crippen LogP contribution in [0.3, 0.4) is 0 Å². The molecule has 0 aromatic rings. The molecule has 0 saturated heterocycles. The zero-order valence-electron chi connectivity index (χ0n) is 11.8. The van der Waals surface area contributed by atoms with Gasteiger partial charge in [0.15, 0.2) is 0 Å². The molecular formula is C13H27NO4. The first-order chi connectivity index (χ1) is 8.83. The SMILES string of the molecule is CCOC1C(NC)CC1OCCCOCCOC. The van der Waals surface area contributed by atoms with E-state index >= 15 is 0 Å². The van der Waals surface area contributed by atoms with Crippen molar-refractivity contribution in [3.63, 3.8) is 0 Å². The van der Waals surface area contributed by atoms with Gasteiger partial charge in [0, 0.05) is 33.0 Å². The molecule has 0 aliphatic heterocycles. The van der Waals surface area contributed by atoms with Crippen LogP contribution in [0.4, 0.5) is 0 Å². The molecule has 0 radical (unpaired) electrons. The van der Waals surface area contributed by atoms with E-state index in [-0.39, 0.29) is 12.2 Å². The van der Waals surface area contributed by atoms with E-state index in [4.69, 9.17) is 18.9 Å². The van der Waals surface area contributed by atoms with Gasteiger partial charge in [0.25, 0.3) is 0 Å². The van der Waals surface area contributed by atoms with E-state index in [0.29, 0.717) is 19.3 Å². The van der Waals surface area contributed by atoms with Gasteiger partial charge in [-0.25, -0.2) is 0 Å². The summed E-state index contributed by atoms with van der Waals surface area (Å²) in [6, 6.07) is 0.438. The molecule has 0 aromatic heterocycles. The Morgan fingerprint density at radius 3 is 2.61 bits per heavy atom. The summed E-state index contributed by atoms with van der Waals surface area (Å²) in [5.74, 6) is 0. The zero-order chi connectivity index (χ0) is 13.2. The molecule has 5 nitrogen and oxygen atoms in total. The number of rotatable bonds is 11. The highest BCUT2D eigenvalue weighted by Crippen LogP contribution is 2.27. The van der Waals surface area contributed by atoms with Crippen LogP contribution in [0.5, 0.6) is 0 Å². The Kier molecular flexibility index (Phi) is 8.54. The van der Waals surface area contributed by atoms with E-state index in [1.54, 1.807) is 7.11 Å². The first-order valence-corrected chi connectivity index (χ1v) is 6.80. The molecule has 3 unspecified atom stereocenters. The first-order valence-electron chi connectivity index (χ1n) is 6.80. The lowest BCUT2D eigenvalue weighted by Gasteiger charge is -2.43. The largest absolute Gasteiger partial charge is 0.382 e. The van der Waals surface area contributed by atoms with E-state index in [1.807, 2.05) is 14.0 Å². The van der Waals surface area contributed by atoms with Crippen LogP contribution in [-0.4, -0.2) is 65.4 Å². The summed E-state index contributed by atoms with van der Waals surface area (Å²) in [6.07, 6.45) is 2.39. The molecule has 0 amide bonds. The summed E-state index contributed by atoms with van der Waals surface area (Å²) in [7, 11) is 3.64. The lowest BCUT2D eigenvalue weighted by Crippen LogP contribution is -2.59. The molecule has 1 saturated carbocycles. The molecule has 108 valence electrons. The Labute approximate surface area is 110 Å². The lowest BCUT2D eigenvalue weighted by molar-refractivity contribution is -0.145. The standard InChI is InChI=1S/C13H27NO4/c1-4-17-13-11(14-2)10-12(13)18-7-5-6-16-9-8-15-3/h11-14H,4-10H2,1-3H3. The van der Waals surface area contributed by atoms with Crippen molar-refractivity contribution in [3.05, 3.63) is 0 Å². The Bertz CT molecular complexity index is 203. The summed E-state index contributed by atoms with van der Waals surface area (Å²) in [6.45, 7) is 5.53. The summed E-state index contributed by atoms with van der Waals surface area (Å²) >= 11 is 0. The van der Waals surface area contributed by atoms with Gasteiger partial charge in [-0.3, -0.25) is 0 Å². The zero-order valence-corrected chi connectivity index (χ0v) is 11.8. The Morgan fingerprint density at radius 2 is 1.94 bits per heavy atom. The normalized spacial score (nSPS) is 27.2. The summed E-state index contributed by atoms with van der Waals surface area (Å²) in [5, 5.41) is 3.25. The molecule has 0 bridgehead atoms. The van der Waals surface area contributed by atoms with Crippen molar-refractivity contribution in [2.24, 2.45) is 0 Å². The van der Waals surface area contributed by atoms with E-state index in [1.165, 1.54) is 0 Å². The second-order valence-corrected chi connectivity index (χ2v) is 4.42.